The third-order valence-electron chi connectivity index (χ3n) is 3.10. The smallest absolute Gasteiger partial charge is 0.222 e. The second-order valence-corrected chi connectivity index (χ2v) is 5.40. The van der Waals surface area contributed by atoms with Gasteiger partial charge in [-0.25, -0.2) is 0 Å². The summed E-state index contributed by atoms with van der Waals surface area (Å²) in [6.07, 6.45) is 1.58. The molecule has 0 bridgehead atoms. The van der Waals surface area contributed by atoms with Gasteiger partial charge in [0.1, 0.15) is 6.10 Å². The maximum absolute atomic E-state index is 12.0. The number of nitrogens with zero attached hydrogens (tertiary/aromatic N) is 1. The molecule has 1 atom stereocenters. The van der Waals surface area contributed by atoms with Gasteiger partial charge in [-0.1, -0.05) is 6.07 Å². The van der Waals surface area contributed by atoms with E-state index in [9.17, 15) is 4.79 Å². The molecule has 1 aromatic heterocycles. The molecule has 19 heavy (non-hydrogen) atoms. The Morgan fingerprint density at radius 3 is 3.16 bits per heavy atom. The Kier molecular flexibility index (Phi) is 7.38. The minimum absolute atomic E-state index is 0. The fourth-order valence-electron chi connectivity index (χ4n) is 2.10. The van der Waals surface area contributed by atoms with Crippen molar-refractivity contribution in [2.75, 3.05) is 33.3 Å². The summed E-state index contributed by atoms with van der Waals surface area (Å²) in [5.74, 6) is 0.245. The molecule has 0 radical (unpaired) electrons. The van der Waals surface area contributed by atoms with Gasteiger partial charge in [-0.05, 0) is 31.5 Å². The molecule has 2 rings (SSSR count). The van der Waals surface area contributed by atoms with Gasteiger partial charge in [-0.2, -0.15) is 0 Å². The van der Waals surface area contributed by atoms with E-state index in [0.29, 0.717) is 19.6 Å². The van der Waals surface area contributed by atoms with Crippen LogP contribution < -0.4 is 5.32 Å². The van der Waals surface area contributed by atoms with E-state index in [0.717, 1.165) is 19.5 Å². The first kappa shape index (κ1) is 16.4. The summed E-state index contributed by atoms with van der Waals surface area (Å²) in [7, 11) is 1.91. The number of nitrogens with one attached hydrogen (secondary N) is 1. The number of carbonyl (C=O) groups is 1. The molecule has 1 aliphatic rings. The highest BCUT2D eigenvalue weighted by Crippen LogP contribution is 2.26. The zero-order chi connectivity index (χ0) is 12.8. The van der Waals surface area contributed by atoms with E-state index in [2.05, 4.69) is 11.4 Å². The highest BCUT2D eigenvalue weighted by Gasteiger charge is 2.25. The molecule has 0 spiro atoms. The van der Waals surface area contributed by atoms with Gasteiger partial charge in [0.15, 0.2) is 0 Å². The van der Waals surface area contributed by atoms with Crippen molar-refractivity contribution in [1.82, 2.24) is 10.2 Å². The van der Waals surface area contributed by atoms with Crippen LogP contribution in [0.25, 0.3) is 0 Å². The van der Waals surface area contributed by atoms with E-state index in [-0.39, 0.29) is 24.4 Å². The number of thiophene rings is 1. The summed E-state index contributed by atoms with van der Waals surface area (Å²) in [6, 6.07) is 4.10. The van der Waals surface area contributed by atoms with Gasteiger partial charge < -0.3 is 15.0 Å². The predicted octanol–water partition coefficient (Wildman–Crippen LogP) is 2.07. The first-order valence-corrected chi connectivity index (χ1v) is 7.26. The van der Waals surface area contributed by atoms with Crippen LogP contribution in [0, 0.1) is 0 Å². The fourth-order valence-corrected chi connectivity index (χ4v) is 2.86. The Morgan fingerprint density at radius 1 is 1.63 bits per heavy atom. The minimum atomic E-state index is 0. The van der Waals surface area contributed by atoms with Crippen LogP contribution in [0.2, 0.25) is 0 Å². The van der Waals surface area contributed by atoms with Crippen LogP contribution >= 0.6 is 23.7 Å². The van der Waals surface area contributed by atoms with Crippen molar-refractivity contribution in [1.29, 1.82) is 0 Å². The molecule has 1 fully saturated rings. The molecule has 6 heteroatoms. The molecule has 1 aromatic rings. The van der Waals surface area contributed by atoms with Gasteiger partial charge >= 0.3 is 0 Å². The summed E-state index contributed by atoms with van der Waals surface area (Å²) in [6.45, 7) is 2.95. The lowest BCUT2D eigenvalue weighted by molar-refractivity contribution is -0.139. The first-order chi connectivity index (χ1) is 8.81. The number of carbonyl (C=O) groups excluding carboxylic acids is 1. The van der Waals surface area contributed by atoms with Gasteiger partial charge in [-0.15, -0.1) is 23.7 Å². The molecule has 0 aliphatic carbocycles. The van der Waals surface area contributed by atoms with Gasteiger partial charge in [0, 0.05) is 17.8 Å². The maximum Gasteiger partial charge on any atom is 0.222 e. The van der Waals surface area contributed by atoms with Crippen LogP contribution in [0.3, 0.4) is 0 Å². The molecule has 1 N–H and O–H groups in total. The standard InChI is InChI=1S/C13H20N2O2S.ClH/c1-14-6-2-5-13(16)15-7-8-17-11(10-15)12-4-3-9-18-12;/h3-4,9,11,14H,2,5-8,10H2,1H3;1H. The summed E-state index contributed by atoms with van der Waals surface area (Å²) in [5, 5.41) is 5.11. The van der Waals surface area contributed by atoms with Crippen LogP contribution in [-0.4, -0.2) is 44.1 Å². The highest BCUT2D eigenvalue weighted by atomic mass is 35.5. The zero-order valence-corrected chi connectivity index (χ0v) is 12.8. The monoisotopic (exact) mass is 304 g/mol. The van der Waals surface area contributed by atoms with Crippen LogP contribution in [0.4, 0.5) is 0 Å². The van der Waals surface area contributed by atoms with E-state index in [4.69, 9.17) is 4.74 Å². The van der Waals surface area contributed by atoms with E-state index >= 15 is 0 Å². The van der Waals surface area contributed by atoms with Crippen molar-refractivity contribution in [2.24, 2.45) is 0 Å². The Morgan fingerprint density at radius 2 is 2.47 bits per heavy atom. The predicted molar refractivity (Wildman–Crippen MR) is 80.0 cm³/mol. The Balaban J connectivity index is 0.00000180. The summed E-state index contributed by atoms with van der Waals surface area (Å²) in [5.41, 5.74) is 0. The van der Waals surface area contributed by atoms with Gasteiger partial charge in [0.2, 0.25) is 5.91 Å². The molecule has 4 nitrogen and oxygen atoms in total. The number of hydrogen-bond acceptors (Lipinski definition) is 4. The number of ether oxygens (including phenoxy) is 1. The van der Waals surface area contributed by atoms with Crippen molar-refractivity contribution in [2.45, 2.75) is 18.9 Å². The number of hydrogen-bond donors (Lipinski definition) is 1. The van der Waals surface area contributed by atoms with Crippen molar-refractivity contribution in [3.05, 3.63) is 22.4 Å². The van der Waals surface area contributed by atoms with Crippen LogP contribution in [-0.2, 0) is 9.53 Å². The molecule has 0 aromatic carbocycles. The zero-order valence-electron chi connectivity index (χ0n) is 11.1. The SMILES string of the molecule is CNCCCC(=O)N1CCOC(c2cccs2)C1.Cl. The lowest BCUT2D eigenvalue weighted by Gasteiger charge is -2.32. The molecular formula is C13H21ClN2O2S. The lowest BCUT2D eigenvalue weighted by atomic mass is 10.2. The molecule has 0 saturated carbocycles. The van der Waals surface area contributed by atoms with Crippen molar-refractivity contribution in [3.63, 3.8) is 0 Å². The molecule has 1 amide bonds. The molecule has 2 heterocycles. The van der Waals surface area contributed by atoms with Crippen LogP contribution in [0.5, 0.6) is 0 Å². The average Bonchev–Trinajstić information content (AvgIpc) is 2.93. The van der Waals surface area contributed by atoms with Gasteiger partial charge in [0.05, 0.1) is 13.2 Å². The molecule has 108 valence electrons. The number of amides is 1. The summed E-state index contributed by atoms with van der Waals surface area (Å²) < 4.78 is 5.73. The lowest BCUT2D eigenvalue weighted by Crippen LogP contribution is -2.42. The summed E-state index contributed by atoms with van der Waals surface area (Å²) in [4.78, 5) is 15.2. The van der Waals surface area contributed by atoms with Crippen LogP contribution in [0.15, 0.2) is 17.5 Å². The molecular weight excluding hydrogens is 284 g/mol. The number of morpholine rings is 1. The Hall–Kier alpha value is -0.620. The van der Waals surface area contributed by atoms with E-state index < -0.39 is 0 Å². The Labute approximate surface area is 124 Å². The first-order valence-electron chi connectivity index (χ1n) is 6.38. The maximum atomic E-state index is 12.0. The van der Waals surface area contributed by atoms with Gasteiger partial charge in [0.25, 0.3) is 0 Å². The second kappa shape index (κ2) is 8.53. The normalized spacial score (nSPS) is 19.0. The van der Waals surface area contributed by atoms with E-state index in [1.54, 1.807) is 11.3 Å². The third-order valence-corrected chi connectivity index (χ3v) is 4.06. The second-order valence-electron chi connectivity index (χ2n) is 4.42. The topological polar surface area (TPSA) is 41.6 Å². The Bertz CT molecular complexity index is 373. The minimum Gasteiger partial charge on any atom is -0.369 e. The van der Waals surface area contributed by atoms with Crippen molar-refractivity contribution < 1.29 is 9.53 Å². The highest BCUT2D eigenvalue weighted by molar-refractivity contribution is 7.10. The molecule has 1 aliphatic heterocycles. The third kappa shape index (κ3) is 4.76. The van der Waals surface area contributed by atoms with Crippen molar-refractivity contribution in [3.8, 4) is 0 Å². The largest absolute Gasteiger partial charge is 0.369 e. The quantitative estimate of drug-likeness (QED) is 0.847. The van der Waals surface area contributed by atoms with Crippen LogP contribution in [0.1, 0.15) is 23.8 Å². The average molecular weight is 305 g/mol. The van der Waals surface area contributed by atoms with Gasteiger partial charge in [-0.3, -0.25) is 4.79 Å². The fraction of sp³-hybridized carbons (Fsp3) is 0.615. The van der Waals surface area contributed by atoms with E-state index in [1.807, 2.05) is 23.4 Å². The summed E-state index contributed by atoms with van der Waals surface area (Å²) >= 11 is 1.69. The molecule has 1 saturated heterocycles. The number of halogens is 1. The molecule has 1 unspecified atom stereocenters. The number of rotatable bonds is 5. The van der Waals surface area contributed by atoms with E-state index in [1.165, 1.54) is 4.88 Å². The van der Waals surface area contributed by atoms with Crippen molar-refractivity contribution >= 4 is 29.7 Å².